The molecule has 0 aromatic carbocycles. The van der Waals surface area contributed by atoms with Gasteiger partial charge in [-0.05, 0) is 0 Å². The van der Waals surface area contributed by atoms with E-state index in [4.69, 9.17) is 20.3 Å². The van der Waals surface area contributed by atoms with Gasteiger partial charge in [0.25, 0.3) is 0 Å². The van der Waals surface area contributed by atoms with Crippen LogP contribution in [0.5, 0.6) is 0 Å². The summed E-state index contributed by atoms with van der Waals surface area (Å²) >= 11 is 0. The molecular formula is C10H19N3O3. The SMILES string of the molecule is COCCOCCn1cncc1C(N)CO. The molecule has 0 spiro atoms. The molecule has 1 heterocycles. The molecule has 0 bridgehead atoms. The summed E-state index contributed by atoms with van der Waals surface area (Å²) in [5.74, 6) is 0. The largest absolute Gasteiger partial charge is 0.394 e. The van der Waals surface area contributed by atoms with Crippen LogP contribution in [0.4, 0.5) is 0 Å². The Morgan fingerprint density at radius 3 is 3.00 bits per heavy atom. The molecule has 0 amide bonds. The van der Waals surface area contributed by atoms with Crippen LogP contribution in [0.3, 0.4) is 0 Å². The van der Waals surface area contributed by atoms with E-state index >= 15 is 0 Å². The highest BCUT2D eigenvalue weighted by molar-refractivity contribution is 5.04. The van der Waals surface area contributed by atoms with Crippen molar-refractivity contribution in [3.05, 3.63) is 18.2 Å². The Labute approximate surface area is 95.0 Å². The Morgan fingerprint density at radius 1 is 1.50 bits per heavy atom. The lowest BCUT2D eigenvalue weighted by Crippen LogP contribution is -2.20. The van der Waals surface area contributed by atoms with Crippen LogP contribution < -0.4 is 5.73 Å². The number of ether oxygens (including phenoxy) is 2. The van der Waals surface area contributed by atoms with E-state index in [1.807, 2.05) is 4.57 Å². The van der Waals surface area contributed by atoms with E-state index in [0.29, 0.717) is 26.4 Å². The number of hydrogen-bond donors (Lipinski definition) is 2. The predicted octanol–water partition coefficient (Wildman–Crippen LogP) is -0.462. The minimum Gasteiger partial charge on any atom is -0.394 e. The van der Waals surface area contributed by atoms with Crippen LogP contribution in [0, 0.1) is 0 Å². The van der Waals surface area contributed by atoms with Gasteiger partial charge in [0.05, 0.1) is 44.5 Å². The molecule has 0 saturated carbocycles. The molecule has 0 radical (unpaired) electrons. The first kappa shape index (κ1) is 13.1. The van der Waals surface area contributed by atoms with E-state index in [1.54, 1.807) is 19.6 Å². The third-order valence-corrected chi connectivity index (χ3v) is 2.23. The fraction of sp³-hybridized carbons (Fsp3) is 0.700. The summed E-state index contributed by atoms with van der Waals surface area (Å²) in [5.41, 5.74) is 6.54. The van der Waals surface area contributed by atoms with Crippen molar-refractivity contribution in [1.29, 1.82) is 0 Å². The van der Waals surface area contributed by atoms with Crippen molar-refractivity contribution in [3.63, 3.8) is 0 Å². The van der Waals surface area contributed by atoms with Gasteiger partial charge in [-0.3, -0.25) is 0 Å². The molecule has 0 fully saturated rings. The molecule has 1 aromatic heterocycles. The van der Waals surface area contributed by atoms with Crippen molar-refractivity contribution < 1.29 is 14.6 Å². The zero-order valence-electron chi connectivity index (χ0n) is 9.50. The highest BCUT2D eigenvalue weighted by Crippen LogP contribution is 2.08. The number of aromatic nitrogens is 2. The van der Waals surface area contributed by atoms with Crippen LogP contribution in [0.2, 0.25) is 0 Å². The van der Waals surface area contributed by atoms with Gasteiger partial charge in [0, 0.05) is 19.9 Å². The molecule has 6 nitrogen and oxygen atoms in total. The number of imidazole rings is 1. The number of methoxy groups -OCH3 is 1. The Bertz CT molecular complexity index is 291. The average Bonchev–Trinajstić information content (AvgIpc) is 2.76. The average molecular weight is 229 g/mol. The molecule has 0 aliphatic rings. The molecule has 3 N–H and O–H groups in total. The van der Waals surface area contributed by atoms with Crippen molar-refractivity contribution >= 4 is 0 Å². The van der Waals surface area contributed by atoms with E-state index in [-0.39, 0.29) is 12.6 Å². The lowest BCUT2D eigenvalue weighted by Gasteiger charge is -2.12. The number of aliphatic hydroxyl groups excluding tert-OH is 1. The van der Waals surface area contributed by atoms with Gasteiger partial charge in [0.1, 0.15) is 0 Å². The molecule has 16 heavy (non-hydrogen) atoms. The van der Waals surface area contributed by atoms with E-state index in [9.17, 15) is 0 Å². The minimum atomic E-state index is -0.388. The van der Waals surface area contributed by atoms with E-state index < -0.39 is 0 Å². The first-order chi connectivity index (χ1) is 7.79. The molecular weight excluding hydrogens is 210 g/mol. The molecule has 1 atom stereocenters. The van der Waals surface area contributed by atoms with E-state index in [2.05, 4.69) is 4.98 Å². The summed E-state index contributed by atoms with van der Waals surface area (Å²) in [4.78, 5) is 4.00. The van der Waals surface area contributed by atoms with Crippen molar-refractivity contribution in [3.8, 4) is 0 Å². The second kappa shape index (κ2) is 7.34. The highest BCUT2D eigenvalue weighted by atomic mass is 16.5. The van der Waals surface area contributed by atoms with Gasteiger partial charge in [-0.2, -0.15) is 0 Å². The summed E-state index contributed by atoms with van der Waals surface area (Å²) in [6.07, 6.45) is 3.35. The minimum absolute atomic E-state index is 0.0871. The number of hydrogen-bond acceptors (Lipinski definition) is 5. The quantitative estimate of drug-likeness (QED) is 0.589. The normalized spacial score (nSPS) is 12.9. The van der Waals surface area contributed by atoms with Crippen molar-refractivity contribution in [2.75, 3.05) is 33.5 Å². The lowest BCUT2D eigenvalue weighted by molar-refractivity contribution is 0.0661. The third-order valence-electron chi connectivity index (χ3n) is 2.23. The Kier molecular flexibility index (Phi) is 6.02. The second-order valence-electron chi connectivity index (χ2n) is 3.41. The van der Waals surface area contributed by atoms with Crippen LogP contribution in [0.1, 0.15) is 11.7 Å². The number of aliphatic hydroxyl groups is 1. The van der Waals surface area contributed by atoms with Gasteiger partial charge in [0.2, 0.25) is 0 Å². The van der Waals surface area contributed by atoms with Crippen LogP contribution >= 0.6 is 0 Å². The van der Waals surface area contributed by atoms with Crippen molar-refractivity contribution in [2.24, 2.45) is 5.73 Å². The maximum atomic E-state index is 8.96. The summed E-state index contributed by atoms with van der Waals surface area (Å²) in [5, 5.41) is 8.96. The van der Waals surface area contributed by atoms with Gasteiger partial charge < -0.3 is 24.9 Å². The standard InChI is InChI=1S/C10H19N3O3/c1-15-4-5-16-3-2-13-8-12-6-10(13)9(11)7-14/h6,8-9,14H,2-5,7,11H2,1H3. The monoisotopic (exact) mass is 229 g/mol. The van der Waals surface area contributed by atoms with Gasteiger partial charge in [-0.15, -0.1) is 0 Å². The fourth-order valence-corrected chi connectivity index (χ4v) is 1.33. The topological polar surface area (TPSA) is 82.5 Å². The second-order valence-corrected chi connectivity index (χ2v) is 3.41. The summed E-state index contributed by atoms with van der Waals surface area (Å²) in [7, 11) is 1.64. The zero-order valence-corrected chi connectivity index (χ0v) is 9.50. The predicted molar refractivity (Wildman–Crippen MR) is 58.9 cm³/mol. The molecule has 0 saturated heterocycles. The number of nitrogens with two attached hydrogens (primary N) is 1. The van der Waals surface area contributed by atoms with Gasteiger partial charge in [0.15, 0.2) is 0 Å². The number of nitrogens with zero attached hydrogens (tertiary/aromatic N) is 2. The Balaban J connectivity index is 2.33. The summed E-state index contributed by atoms with van der Waals surface area (Å²) < 4.78 is 12.1. The summed E-state index contributed by atoms with van der Waals surface area (Å²) in [6.45, 7) is 2.33. The highest BCUT2D eigenvalue weighted by Gasteiger charge is 2.09. The van der Waals surface area contributed by atoms with Crippen LogP contribution in [0.25, 0.3) is 0 Å². The van der Waals surface area contributed by atoms with Gasteiger partial charge in [-0.25, -0.2) is 4.98 Å². The smallest absolute Gasteiger partial charge is 0.0949 e. The molecule has 0 aliphatic heterocycles. The summed E-state index contributed by atoms with van der Waals surface area (Å²) in [6, 6.07) is -0.388. The molecule has 1 aromatic rings. The Hall–Kier alpha value is -0.950. The number of rotatable bonds is 8. The molecule has 1 unspecified atom stereocenters. The van der Waals surface area contributed by atoms with Crippen LogP contribution in [0.15, 0.2) is 12.5 Å². The first-order valence-electron chi connectivity index (χ1n) is 5.22. The molecule has 1 rings (SSSR count). The first-order valence-corrected chi connectivity index (χ1v) is 5.22. The van der Waals surface area contributed by atoms with Crippen LogP contribution in [-0.2, 0) is 16.0 Å². The van der Waals surface area contributed by atoms with Crippen molar-refractivity contribution in [1.82, 2.24) is 9.55 Å². The maximum absolute atomic E-state index is 8.96. The Morgan fingerprint density at radius 2 is 2.31 bits per heavy atom. The zero-order chi connectivity index (χ0) is 11.8. The lowest BCUT2D eigenvalue weighted by atomic mass is 10.2. The van der Waals surface area contributed by atoms with Crippen molar-refractivity contribution in [2.45, 2.75) is 12.6 Å². The molecule has 92 valence electrons. The maximum Gasteiger partial charge on any atom is 0.0949 e. The van der Waals surface area contributed by atoms with Crippen LogP contribution in [-0.4, -0.2) is 48.2 Å². The van der Waals surface area contributed by atoms with Gasteiger partial charge in [-0.1, -0.05) is 0 Å². The molecule has 6 heteroatoms. The van der Waals surface area contributed by atoms with Gasteiger partial charge >= 0.3 is 0 Å². The fourth-order valence-electron chi connectivity index (χ4n) is 1.33. The van der Waals surface area contributed by atoms with E-state index in [0.717, 1.165) is 5.69 Å². The molecule has 0 aliphatic carbocycles. The van der Waals surface area contributed by atoms with E-state index in [1.165, 1.54) is 0 Å². The third kappa shape index (κ3) is 3.90.